The third kappa shape index (κ3) is 2.80. The average molecular weight is 470 g/mol. The SMILES string of the molecule is Ic1ccc(C(I)I)cc1. The van der Waals surface area contributed by atoms with Gasteiger partial charge in [0.2, 0.25) is 0 Å². The summed E-state index contributed by atoms with van der Waals surface area (Å²) >= 11 is 7.12. The maximum Gasteiger partial charge on any atom is 0.0874 e. The van der Waals surface area contributed by atoms with Crippen LogP contribution in [-0.4, -0.2) is 0 Å². The molecule has 0 aliphatic rings. The minimum Gasteiger partial charge on any atom is -0.0657 e. The van der Waals surface area contributed by atoms with Crippen LogP contribution in [0.3, 0.4) is 0 Å². The predicted molar refractivity (Wildman–Crippen MR) is 69.9 cm³/mol. The maximum absolute atomic E-state index is 2.40. The summed E-state index contributed by atoms with van der Waals surface area (Å²) in [5.74, 6) is 0. The van der Waals surface area contributed by atoms with E-state index in [1.165, 1.54) is 9.13 Å². The van der Waals surface area contributed by atoms with Crippen LogP contribution in [0.1, 0.15) is 7.49 Å². The van der Waals surface area contributed by atoms with E-state index in [1.54, 1.807) is 0 Å². The molecule has 3 heteroatoms. The molecule has 0 spiro atoms. The van der Waals surface area contributed by atoms with Gasteiger partial charge in [-0.25, -0.2) is 0 Å². The molecular weight excluding hydrogens is 465 g/mol. The Balaban J connectivity index is 2.89. The van der Waals surface area contributed by atoms with Crippen molar-refractivity contribution in [1.82, 2.24) is 0 Å². The molecule has 1 rings (SSSR count). The van der Waals surface area contributed by atoms with Crippen molar-refractivity contribution in [2.24, 2.45) is 0 Å². The van der Waals surface area contributed by atoms with Gasteiger partial charge in [-0.15, -0.1) is 0 Å². The lowest BCUT2D eigenvalue weighted by Crippen LogP contribution is -1.78. The largest absolute Gasteiger partial charge is 0.0874 e. The average Bonchev–Trinajstić information content (AvgIpc) is 1.88. The first-order chi connectivity index (χ1) is 4.70. The van der Waals surface area contributed by atoms with Crippen molar-refractivity contribution in [3.8, 4) is 0 Å². The number of hydrogen-bond acceptors (Lipinski definition) is 0. The monoisotopic (exact) mass is 470 g/mol. The third-order valence-corrected chi connectivity index (χ3v) is 3.28. The van der Waals surface area contributed by atoms with E-state index in [9.17, 15) is 0 Å². The molecule has 0 aliphatic carbocycles. The highest BCUT2D eigenvalue weighted by Crippen LogP contribution is 2.30. The van der Waals surface area contributed by atoms with E-state index in [2.05, 4.69) is 92.0 Å². The zero-order valence-electron chi connectivity index (χ0n) is 5.02. The van der Waals surface area contributed by atoms with Gasteiger partial charge in [-0.1, -0.05) is 57.3 Å². The minimum absolute atomic E-state index is 0.590. The Morgan fingerprint density at radius 1 is 1.00 bits per heavy atom. The second-order valence-electron chi connectivity index (χ2n) is 1.85. The summed E-state index contributed by atoms with van der Waals surface area (Å²) in [6.45, 7) is 0. The van der Waals surface area contributed by atoms with Crippen LogP contribution >= 0.6 is 67.8 Å². The molecule has 0 radical (unpaired) electrons. The summed E-state index contributed by atoms with van der Waals surface area (Å²) in [6.07, 6.45) is 0. The molecule has 0 atom stereocenters. The van der Waals surface area contributed by atoms with Crippen LogP contribution in [0.4, 0.5) is 0 Å². The highest BCUT2D eigenvalue weighted by atomic mass is 127. The van der Waals surface area contributed by atoms with Crippen molar-refractivity contribution in [2.75, 3.05) is 0 Å². The number of rotatable bonds is 1. The van der Waals surface area contributed by atoms with Gasteiger partial charge in [-0.05, 0) is 40.3 Å². The normalized spacial score (nSPS) is 10.4. The second-order valence-corrected chi connectivity index (χ2v) is 7.97. The Hall–Kier alpha value is 1.41. The molecule has 0 unspecified atom stereocenters. The summed E-state index contributed by atoms with van der Waals surface area (Å²) in [4.78, 5) is 0. The molecule has 0 saturated heterocycles. The van der Waals surface area contributed by atoms with Crippen LogP contribution in [0.15, 0.2) is 24.3 Å². The smallest absolute Gasteiger partial charge is 0.0657 e. The number of alkyl halides is 2. The van der Waals surface area contributed by atoms with E-state index in [-0.39, 0.29) is 0 Å². The van der Waals surface area contributed by atoms with Gasteiger partial charge in [-0.2, -0.15) is 0 Å². The van der Waals surface area contributed by atoms with E-state index >= 15 is 0 Å². The summed E-state index contributed by atoms with van der Waals surface area (Å²) in [7, 11) is 0. The first kappa shape index (κ1) is 9.50. The first-order valence-corrected chi connectivity index (χ1v) is 6.31. The third-order valence-electron chi connectivity index (χ3n) is 1.12. The second kappa shape index (κ2) is 4.44. The van der Waals surface area contributed by atoms with E-state index in [0.29, 0.717) is 1.93 Å². The van der Waals surface area contributed by atoms with Gasteiger partial charge in [0.1, 0.15) is 0 Å². The van der Waals surface area contributed by atoms with Crippen LogP contribution < -0.4 is 0 Å². The van der Waals surface area contributed by atoms with Crippen molar-refractivity contribution in [2.45, 2.75) is 1.93 Å². The first-order valence-electron chi connectivity index (χ1n) is 2.74. The van der Waals surface area contributed by atoms with Crippen molar-refractivity contribution >= 4 is 67.8 Å². The number of hydrogen-bond donors (Lipinski definition) is 0. The highest BCUT2D eigenvalue weighted by Gasteiger charge is 1.99. The van der Waals surface area contributed by atoms with Gasteiger partial charge >= 0.3 is 0 Å². The Kier molecular flexibility index (Phi) is 4.22. The van der Waals surface area contributed by atoms with Gasteiger partial charge in [0.25, 0.3) is 0 Å². The highest BCUT2D eigenvalue weighted by molar-refractivity contribution is 14.2. The summed E-state index contributed by atoms with van der Waals surface area (Å²) in [5, 5.41) is 0. The fourth-order valence-corrected chi connectivity index (χ4v) is 1.80. The van der Waals surface area contributed by atoms with Crippen molar-refractivity contribution in [3.05, 3.63) is 33.4 Å². The minimum atomic E-state index is 0.590. The van der Waals surface area contributed by atoms with Gasteiger partial charge in [0.15, 0.2) is 0 Å². The predicted octanol–water partition coefficient (Wildman–Crippen LogP) is 4.16. The Morgan fingerprint density at radius 3 is 1.90 bits per heavy atom. The van der Waals surface area contributed by atoms with Gasteiger partial charge in [-0.3, -0.25) is 0 Å². The van der Waals surface area contributed by atoms with Crippen LogP contribution in [0, 0.1) is 3.57 Å². The van der Waals surface area contributed by atoms with E-state index in [0.717, 1.165) is 0 Å². The van der Waals surface area contributed by atoms with E-state index in [4.69, 9.17) is 0 Å². The molecule has 0 nitrogen and oxygen atoms in total. The van der Waals surface area contributed by atoms with Crippen molar-refractivity contribution in [3.63, 3.8) is 0 Å². The lowest BCUT2D eigenvalue weighted by Gasteiger charge is -2.00. The lowest BCUT2D eigenvalue weighted by atomic mass is 10.2. The van der Waals surface area contributed by atoms with Crippen molar-refractivity contribution < 1.29 is 0 Å². The fraction of sp³-hybridized carbons (Fsp3) is 0.143. The molecular formula is C7H5I3. The molecule has 0 fully saturated rings. The van der Waals surface area contributed by atoms with Crippen LogP contribution in [0.25, 0.3) is 0 Å². The van der Waals surface area contributed by atoms with E-state index < -0.39 is 0 Å². The lowest BCUT2D eigenvalue weighted by molar-refractivity contribution is 1.45. The maximum atomic E-state index is 2.40. The van der Waals surface area contributed by atoms with Crippen LogP contribution in [0.5, 0.6) is 0 Å². The van der Waals surface area contributed by atoms with Crippen LogP contribution in [0.2, 0.25) is 0 Å². The molecule has 0 bridgehead atoms. The Morgan fingerprint density at radius 2 is 1.50 bits per heavy atom. The number of halogens is 3. The molecule has 10 heavy (non-hydrogen) atoms. The molecule has 1 aromatic rings. The topological polar surface area (TPSA) is 0 Å². The van der Waals surface area contributed by atoms with E-state index in [1.807, 2.05) is 0 Å². The molecule has 0 heterocycles. The quantitative estimate of drug-likeness (QED) is 0.428. The number of benzene rings is 1. The molecule has 0 amide bonds. The molecule has 0 saturated carbocycles. The molecule has 54 valence electrons. The summed E-state index contributed by atoms with van der Waals surface area (Å²) in [5.41, 5.74) is 1.39. The summed E-state index contributed by atoms with van der Waals surface area (Å²) in [6, 6.07) is 8.62. The zero-order valence-corrected chi connectivity index (χ0v) is 11.5. The fourth-order valence-electron chi connectivity index (χ4n) is 0.608. The molecule has 0 aromatic heterocycles. The molecule has 1 aromatic carbocycles. The van der Waals surface area contributed by atoms with Gasteiger partial charge < -0.3 is 0 Å². The standard InChI is InChI=1S/C7H5I3/c8-6-3-1-5(2-4-6)7(9)10/h1-4,7H. The molecule has 0 aliphatic heterocycles. The van der Waals surface area contributed by atoms with Gasteiger partial charge in [0.05, 0.1) is 1.93 Å². The van der Waals surface area contributed by atoms with Crippen molar-refractivity contribution in [1.29, 1.82) is 0 Å². The molecule has 0 N–H and O–H groups in total. The Bertz CT molecular complexity index is 203. The van der Waals surface area contributed by atoms with Gasteiger partial charge in [0, 0.05) is 3.57 Å². The zero-order chi connectivity index (χ0) is 7.56. The van der Waals surface area contributed by atoms with Crippen LogP contribution in [-0.2, 0) is 0 Å². The Labute approximate surface area is 102 Å². The summed E-state index contributed by atoms with van der Waals surface area (Å²) < 4.78 is 1.89.